The van der Waals surface area contributed by atoms with Gasteiger partial charge in [0, 0.05) is 6.04 Å². The first-order valence-corrected chi connectivity index (χ1v) is 7.96. The third-order valence-electron chi connectivity index (χ3n) is 5.17. The van der Waals surface area contributed by atoms with Crippen molar-refractivity contribution in [1.82, 2.24) is 0 Å². The van der Waals surface area contributed by atoms with Gasteiger partial charge in [-0.3, -0.25) is 0 Å². The monoisotopic (exact) mass is 253 g/mol. The molecule has 0 aromatic heterocycles. The molecule has 1 heterocycles. The second kappa shape index (κ2) is 5.92. The van der Waals surface area contributed by atoms with Gasteiger partial charge in [0.25, 0.3) is 0 Å². The lowest BCUT2D eigenvalue weighted by molar-refractivity contribution is -0.0722. The minimum absolute atomic E-state index is 0.266. The maximum absolute atomic E-state index is 6.47. The van der Waals surface area contributed by atoms with Crippen LogP contribution in [0.15, 0.2) is 0 Å². The van der Waals surface area contributed by atoms with Crippen LogP contribution in [0, 0.1) is 11.8 Å². The number of hydrogen-bond acceptors (Lipinski definition) is 2. The quantitative estimate of drug-likeness (QED) is 0.825. The van der Waals surface area contributed by atoms with Crippen molar-refractivity contribution in [3.8, 4) is 0 Å². The minimum atomic E-state index is 0.266. The molecule has 1 spiro atoms. The van der Waals surface area contributed by atoms with Crippen LogP contribution in [-0.2, 0) is 4.74 Å². The van der Waals surface area contributed by atoms with Crippen molar-refractivity contribution in [2.24, 2.45) is 17.6 Å². The van der Waals surface area contributed by atoms with Gasteiger partial charge in [-0.05, 0) is 50.9 Å². The van der Waals surface area contributed by atoms with E-state index < -0.39 is 0 Å². The predicted molar refractivity (Wildman–Crippen MR) is 76.5 cm³/mol. The largest absolute Gasteiger partial charge is 0.372 e. The van der Waals surface area contributed by atoms with E-state index in [1.807, 2.05) is 0 Å². The second-order valence-corrected chi connectivity index (χ2v) is 7.02. The van der Waals surface area contributed by atoms with Gasteiger partial charge in [0.15, 0.2) is 0 Å². The van der Waals surface area contributed by atoms with Crippen LogP contribution in [0.2, 0.25) is 0 Å². The molecular formula is C16H31NO. The summed E-state index contributed by atoms with van der Waals surface area (Å²) < 4.78 is 6.47. The molecule has 1 aliphatic heterocycles. The molecule has 3 unspecified atom stereocenters. The summed E-state index contributed by atoms with van der Waals surface area (Å²) in [6.07, 6.45) is 10.9. The van der Waals surface area contributed by atoms with Crippen molar-refractivity contribution in [3.63, 3.8) is 0 Å². The fourth-order valence-corrected chi connectivity index (χ4v) is 4.02. The van der Waals surface area contributed by atoms with Gasteiger partial charge in [0.2, 0.25) is 0 Å². The minimum Gasteiger partial charge on any atom is -0.372 e. The van der Waals surface area contributed by atoms with Crippen molar-refractivity contribution in [3.05, 3.63) is 0 Å². The lowest BCUT2D eigenvalue weighted by Crippen LogP contribution is -2.35. The third-order valence-corrected chi connectivity index (χ3v) is 5.17. The van der Waals surface area contributed by atoms with Gasteiger partial charge >= 0.3 is 0 Å². The van der Waals surface area contributed by atoms with Crippen LogP contribution in [0.1, 0.15) is 72.1 Å². The van der Waals surface area contributed by atoms with Gasteiger partial charge in [-0.2, -0.15) is 0 Å². The normalized spacial score (nSPS) is 30.8. The van der Waals surface area contributed by atoms with Crippen molar-refractivity contribution >= 4 is 0 Å². The maximum Gasteiger partial charge on any atom is 0.0687 e. The SMILES string of the molecule is CC(C)C(CC1CCC2(CCCCC2)O1)C(C)N. The van der Waals surface area contributed by atoms with Crippen LogP contribution < -0.4 is 5.73 Å². The van der Waals surface area contributed by atoms with Crippen LogP contribution >= 0.6 is 0 Å². The molecule has 1 aliphatic carbocycles. The molecule has 3 atom stereocenters. The van der Waals surface area contributed by atoms with E-state index in [0.29, 0.717) is 17.9 Å². The lowest BCUT2D eigenvalue weighted by Gasteiger charge is -2.34. The lowest BCUT2D eigenvalue weighted by atomic mass is 9.82. The molecule has 2 heteroatoms. The molecule has 2 fully saturated rings. The van der Waals surface area contributed by atoms with Crippen LogP contribution in [-0.4, -0.2) is 17.7 Å². The molecule has 2 aliphatic rings. The zero-order chi connectivity index (χ0) is 13.2. The van der Waals surface area contributed by atoms with E-state index in [-0.39, 0.29) is 11.6 Å². The van der Waals surface area contributed by atoms with Crippen molar-refractivity contribution in [2.75, 3.05) is 0 Å². The van der Waals surface area contributed by atoms with E-state index in [4.69, 9.17) is 10.5 Å². The molecule has 0 aromatic rings. The van der Waals surface area contributed by atoms with E-state index in [0.717, 1.165) is 6.42 Å². The molecule has 106 valence electrons. The zero-order valence-electron chi connectivity index (χ0n) is 12.5. The Morgan fingerprint density at radius 2 is 1.78 bits per heavy atom. The average molecular weight is 253 g/mol. The summed E-state index contributed by atoms with van der Waals surface area (Å²) in [5.41, 5.74) is 6.40. The van der Waals surface area contributed by atoms with Gasteiger partial charge in [-0.25, -0.2) is 0 Å². The fourth-order valence-electron chi connectivity index (χ4n) is 4.02. The van der Waals surface area contributed by atoms with E-state index in [1.54, 1.807) is 0 Å². The Morgan fingerprint density at radius 1 is 1.11 bits per heavy atom. The number of ether oxygens (including phenoxy) is 1. The highest BCUT2D eigenvalue weighted by Gasteiger charge is 2.41. The molecule has 2 rings (SSSR count). The first-order chi connectivity index (χ1) is 8.52. The Labute approximate surface area is 113 Å². The molecule has 0 amide bonds. The molecule has 2 N–H and O–H groups in total. The Hall–Kier alpha value is -0.0800. The Morgan fingerprint density at radius 3 is 2.33 bits per heavy atom. The molecule has 0 aromatic carbocycles. The van der Waals surface area contributed by atoms with Gasteiger partial charge in [0.1, 0.15) is 0 Å². The number of hydrogen-bond donors (Lipinski definition) is 1. The summed E-state index contributed by atoms with van der Waals surface area (Å²) in [5, 5.41) is 0. The molecular weight excluding hydrogens is 222 g/mol. The Bertz CT molecular complexity index is 248. The fraction of sp³-hybridized carbons (Fsp3) is 1.00. The first-order valence-electron chi connectivity index (χ1n) is 7.96. The van der Waals surface area contributed by atoms with E-state index in [1.165, 1.54) is 44.9 Å². The Kier molecular flexibility index (Phi) is 4.71. The molecule has 1 saturated carbocycles. The number of nitrogens with two attached hydrogens (primary N) is 1. The first kappa shape index (κ1) is 14.3. The topological polar surface area (TPSA) is 35.2 Å². The molecule has 0 bridgehead atoms. The maximum atomic E-state index is 6.47. The summed E-state index contributed by atoms with van der Waals surface area (Å²) in [4.78, 5) is 0. The van der Waals surface area contributed by atoms with Gasteiger partial charge in [0.05, 0.1) is 11.7 Å². The van der Waals surface area contributed by atoms with Crippen LogP contribution in [0.25, 0.3) is 0 Å². The van der Waals surface area contributed by atoms with Crippen LogP contribution in [0.4, 0.5) is 0 Å². The number of rotatable bonds is 4. The summed E-state index contributed by atoms with van der Waals surface area (Å²) in [5.74, 6) is 1.27. The summed E-state index contributed by atoms with van der Waals surface area (Å²) in [6, 6.07) is 0.288. The van der Waals surface area contributed by atoms with Crippen molar-refractivity contribution < 1.29 is 4.74 Å². The summed E-state index contributed by atoms with van der Waals surface area (Å²) in [6.45, 7) is 6.73. The highest BCUT2D eigenvalue weighted by Crippen LogP contribution is 2.43. The van der Waals surface area contributed by atoms with Crippen LogP contribution in [0.5, 0.6) is 0 Å². The van der Waals surface area contributed by atoms with E-state index in [9.17, 15) is 0 Å². The van der Waals surface area contributed by atoms with E-state index >= 15 is 0 Å². The molecule has 2 nitrogen and oxygen atoms in total. The van der Waals surface area contributed by atoms with Crippen LogP contribution in [0.3, 0.4) is 0 Å². The highest BCUT2D eigenvalue weighted by atomic mass is 16.5. The Balaban J connectivity index is 1.88. The molecule has 0 radical (unpaired) electrons. The van der Waals surface area contributed by atoms with E-state index in [2.05, 4.69) is 20.8 Å². The van der Waals surface area contributed by atoms with Gasteiger partial charge in [-0.1, -0.05) is 33.1 Å². The predicted octanol–water partition coefficient (Wildman–Crippen LogP) is 3.88. The second-order valence-electron chi connectivity index (χ2n) is 7.02. The van der Waals surface area contributed by atoms with Gasteiger partial charge in [-0.15, -0.1) is 0 Å². The summed E-state index contributed by atoms with van der Waals surface area (Å²) >= 11 is 0. The van der Waals surface area contributed by atoms with Crippen molar-refractivity contribution in [1.29, 1.82) is 0 Å². The third kappa shape index (κ3) is 3.27. The van der Waals surface area contributed by atoms with Gasteiger partial charge < -0.3 is 10.5 Å². The van der Waals surface area contributed by atoms with Crippen molar-refractivity contribution in [2.45, 2.75) is 89.9 Å². The molecule has 18 heavy (non-hydrogen) atoms. The smallest absolute Gasteiger partial charge is 0.0687 e. The zero-order valence-corrected chi connectivity index (χ0v) is 12.5. The summed E-state index contributed by atoms with van der Waals surface area (Å²) in [7, 11) is 0. The highest BCUT2D eigenvalue weighted by molar-refractivity contribution is 4.92. The average Bonchev–Trinajstić information content (AvgIpc) is 2.69. The standard InChI is InChI=1S/C16H31NO/c1-12(2)15(13(3)17)11-14-7-10-16(18-14)8-5-4-6-9-16/h12-15H,4-11,17H2,1-3H3. The molecule has 1 saturated heterocycles.